The van der Waals surface area contributed by atoms with E-state index in [1.54, 1.807) is 13.8 Å². The molecular weight excluding hydrogens is 400 g/mol. The number of carbonyl (C=O) groups excluding carboxylic acids is 2. The van der Waals surface area contributed by atoms with Gasteiger partial charge in [-0.3, -0.25) is 14.4 Å². The number of ether oxygens (including phenoxy) is 2. The van der Waals surface area contributed by atoms with Gasteiger partial charge in [-0.15, -0.1) is 8.78 Å². The zero-order valence-corrected chi connectivity index (χ0v) is 16.6. The Balaban J connectivity index is 1.85. The number of nitrogens with one attached hydrogen (secondary N) is 1. The molecule has 3 N–H and O–H groups in total. The van der Waals surface area contributed by atoms with Crippen LogP contribution < -0.4 is 26.1 Å². The standard InChI is InChI=1S/C20H21F2N3O5/c1-11(2)19(3,18(23)28)24-16(26)13-5-4-8-25(17(13)27)10-12-6-7-14-15(9-12)30-20(21,22)29-14/h4-9,11H,10H2,1-3H3,(H2,23,28)(H,24,26)/t19-/m0/s1. The van der Waals surface area contributed by atoms with Crippen LogP contribution in [0.1, 0.15) is 36.7 Å². The number of fused-ring (bicyclic) bond motifs is 1. The smallest absolute Gasteiger partial charge is 0.395 e. The Hall–Kier alpha value is -3.43. The van der Waals surface area contributed by atoms with Gasteiger partial charge < -0.3 is 25.1 Å². The van der Waals surface area contributed by atoms with Crippen molar-refractivity contribution in [1.29, 1.82) is 0 Å². The van der Waals surface area contributed by atoms with Gasteiger partial charge in [-0.25, -0.2) is 0 Å². The molecule has 8 nitrogen and oxygen atoms in total. The number of nitrogens with two attached hydrogens (primary N) is 1. The van der Waals surface area contributed by atoms with E-state index in [0.29, 0.717) is 5.56 Å². The van der Waals surface area contributed by atoms with Crippen molar-refractivity contribution >= 4 is 11.8 Å². The minimum atomic E-state index is -3.74. The maximum absolute atomic E-state index is 13.2. The van der Waals surface area contributed by atoms with Gasteiger partial charge in [0.25, 0.3) is 11.5 Å². The third-order valence-corrected chi connectivity index (χ3v) is 5.12. The fourth-order valence-corrected chi connectivity index (χ4v) is 2.92. The molecule has 3 rings (SSSR count). The molecule has 1 atom stereocenters. The second-order valence-corrected chi connectivity index (χ2v) is 7.48. The van der Waals surface area contributed by atoms with Gasteiger partial charge in [0.15, 0.2) is 11.5 Å². The molecule has 0 aliphatic carbocycles. The Morgan fingerprint density at radius 2 is 1.90 bits per heavy atom. The highest BCUT2D eigenvalue weighted by molar-refractivity contribution is 5.98. The number of amides is 2. The molecule has 1 aliphatic rings. The monoisotopic (exact) mass is 421 g/mol. The zero-order valence-electron chi connectivity index (χ0n) is 16.6. The van der Waals surface area contributed by atoms with Crippen LogP contribution in [0.2, 0.25) is 0 Å². The van der Waals surface area contributed by atoms with Crippen LogP contribution >= 0.6 is 0 Å². The van der Waals surface area contributed by atoms with E-state index in [9.17, 15) is 23.2 Å². The Labute approximate surface area is 170 Å². The molecular formula is C20H21F2N3O5. The third-order valence-electron chi connectivity index (χ3n) is 5.12. The van der Waals surface area contributed by atoms with Crippen molar-refractivity contribution in [3.63, 3.8) is 0 Å². The lowest BCUT2D eigenvalue weighted by atomic mass is 9.87. The van der Waals surface area contributed by atoms with E-state index in [1.807, 2.05) is 0 Å². The summed E-state index contributed by atoms with van der Waals surface area (Å²) in [5, 5.41) is 2.54. The highest BCUT2D eigenvalue weighted by atomic mass is 19.3. The highest BCUT2D eigenvalue weighted by Crippen LogP contribution is 2.41. The van der Waals surface area contributed by atoms with Gasteiger partial charge in [0.05, 0.1) is 6.54 Å². The van der Waals surface area contributed by atoms with Crippen LogP contribution in [0.25, 0.3) is 0 Å². The molecule has 160 valence electrons. The summed E-state index contributed by atoms with van der Waals surface area (Å²) in [4.78, 5) is 37.3. The maximum atomic E-state index is 13.2. The van der Waals surface area contributed by atoms with E-state index < -0.39 is 29.2 Å². The molecule has 2 amide bonds. The van der Waals surface area contributed by atoms with Gasteiger partial charge >= 0.3 is 6.29 Å². The van der Waals surface area contributed by atoms with Crippen molar-refractivity contribution in [3.05, 3.63) is 58.0 Å². The molecule has 30 heavy (non-hydrogen) atoms. The minimum Gasteiger partial charge on any atom is -0.395 e. The van der Waals surface area contributed by atoms with E-state index >= 15 is 0 Å². The molecule has 0 unspecified atom stereocenters. The molecule has 0 saturated carbocycles. The highest BCUT2D eigenvalue weighted by Gasteiger charge is 2.43. The molecule has 0 radical (unpaired) electrons. The third kappa shape index (κ3) is 3.98. The van der Waals surface area contributed by atoms with Gasteiger partial charge in [-0.05, 0) is 42.7 Å². The summed E-state index contributed by atoms with van der Waals surface area (Å²) in [5.41, 5.74) is 3.76. The molecule has 0 bridgehead atoms. The lowest BCUT2D eigenvalue weighted by molar-refractivity contribution is -0.286. The first-order chi connectivity index (χ1) is 13.9. The van der Waals surface area contributed by atoms with Gasteiger partial charge in [0.2, 0.25) is 5.91 Å². The summed E-state index contributed by atoms with van der Waals surface area (Å²) in [6, 6.07) is 6.97. The Morgan fingerprint density at radius 3 is 2.53 bits per heavy atom. The van der Waals surface area contributed by atoms with Gasteiger partial charge in [-0.2, -0.15) is 0 Å². The van der Waals surface area contributed by atoms with Gasteiger partial charge in [0.1, 0.15) is 11.1 Å². The first kappa shape index (κ1) is 21.3. The number of hydrogen-bond donors (Lipinski definition) is 2. The molecule has 2 heterocycles. The van der Waals surface area contributed by atoms with Crippen LogP contribution in [0, 0.1) is 5.92 Å². The lowest BCUT2D eigenvalue weighted by Gasteiger charge is -2.31. The van der Waals surface area contributed by atoms with Crippen LogP contribution in [0.4, 0.5) is 8.78 Å². The van der Waals surface area contributed by atoms with Gasteiger partial charge in [0, 0.05) is 6.20 Å². The summed E-state index contributed by atoms with van der Waals surface area (Å²) < 4.78 is 36.3. The number of hydrogen-bond acceptors (Lipinski definition) is 5. The number of halogens is 2. The van der Waals surface area contributed by atoms with Crippen molar-refractivity contribution in [2.75, 3.05) is 0 Å². The van der Waals surface area contributed by atoms with E-state index in [0.717, 1.165) is 0 Å². The van der Waals surface area contributed by atoms with Crippen molar-refractivity contribution in [1.82, 2.24) is 9.88 Å². The van der Waals surface area contributed by atoms with E-state index in [4.69, 9.17) is 5.73 Å². The number of nitrogens with zero attached hydrogens (tertiary/aromatic N) is 1. The Kier molecular flexibility index (Phi) is 5.27. The van der Waals surface area contributed by atoms with E-state index in [1.165, 1.54) is 48.0 Å². The summed E-state index contributed by atoms with van der Waals surface area (Å²) in [5.74, 6) is -2.03. The van der Waals surface area contributed by atoms with Crippen LogP contribution in [0.5, 0.6) is 11.5 Å². The average molecular weight is 421 g/mol. The van der Waals surface area contributed by atoms with Crippen LogP contribution in [0.15, 0.2) is 41.3 Å². The number of benzene rings is 1. The summed E-state index contributed by atoms with van der Waals surface area (Å²) in [6.45, 7) is 4.93. The number of primary amides is 1. The molecule has 10 heteroatoms. The Bertz CT molecular complexity index is 1070. The number of alkyl halides is 2. The van der Waals surface area contributed by atoms with Crippen molar-refractivity contribution in [2.24, 2.45) is 11.7 Å². The van der Waals surface area contributed by atoms with Crippen LogP contribution in [-0.4, -0.2) is 28.2 Å². The predicted octanol–water partition coefficient (Wildman–Crippen LogP) is 1.85. The predicted molar refractivity (Wildman–Crippen MR) is 102 cm³/mol. The van der Waals surface area contributed by atoms with Crippen molar-refractivity contribution < 1.29 is 27.8 Å². The second-order valence-electron chi connectivity index (χ2n) is 7.48. The van der Waals surface area contributed by atoms with Crippen molar-refractivity contribution in [2.45, 2.75) is 39.1 Å². The first-order valence-corrected chi connectivity index (χ1v) is 9.13. The Morgan fingerprint density at radius 1 is 1.23 bits per heavy atom. The molecule has 0 spiro atoms. The largest absolute Gasteiger partial charge is 0.586 e. The number of aromatic nitrogens is 1. The molecule has 0 fully saturated rings. The SMILES string of the molecule is CC(C)[C@](C)(NC(=O)c1cccn(Cc2ccc3c(c2)OC(F)(F)O3)c1=O)C(N)=O. The normalized spacial score (nSPS) is 16.2. The van der Waals surface area contributed by atoms with Crippen molar-refractivity contribution in [3.8, 4) is 11.5 Å². The first-order valence-electron chi connectivity index (χ1n) is 9.13. The minimum absolute atomic E-state index is 0.000563. The van der Waals surface area contributed by atoms with Crippen LogP contribution in [-0.2, 0) is 11.3 Å². The molecule has 1 aliphatic heterocycles. The van der Waals surface area contributed by atoms with Crippen LogP contribution in [0.3, 0.4) is 0 Å². The summed E-state index contributed by atoms with van der Waals surface area (Å²) in [7, 11) is 0. The molecule has 0 saturated heterocycles. The molecule has 1 aromatic carbocycles. The quantitative estimate of drug-likeness (QED) is 0.739. The topological polar surface area (TPSA) is 113 Å². The van der Waals surface area contributed by atoms with E-state index in [2.05, 4.69) is 14.8 Å². The summed E-state index contributed by atoms with van der Waals surface area (Å²) >= 11 is 0. The van der Waals surface area contributed by atoms with Gasteiger partial charge in [-0.1, -0.05) is 19.9 Å². The lowest BCUT2D eigenvalue weighted by Crippen LogP contribution is -2.59. The maximum Gasteiger partial charge on any atom is 0.586 e. The number of rotatable bonds is 6. The fourth-order valence-electron chi connectivity index (χ4n) is 2.92. The fraction of sp³-hybridized carbons (Fsp3) is 0.350. The number of carbonyl (C=O) groups is 2. The number of pyridine rings is 1. The van der Waals surface area contributed by atoms with E-state index in [-0.39, 0.29) is 29.5 Å². The zero-order chi connectivity index (χ0) is 22.3. The second kappa shape index (κ2) is 7.43. The summed E-state index contributed by atoms with van der Waals surface area (Å²) in [6.07, 6.45) is -2.28. The molecule has 2 aromatic rings. The average Bonchev–Trinajstić information content (AvgIpc) is 2.95. The molecule has 1 aromatic heterocycles.